The van der Waals surface area contributed by atoms with Crippen LogP contribution in [0.1, 0.15) is 90.9 Å². The zero-order chi connectivity index (χ0) is 38.2. The van der Waals surface area contributed by atoms with Crippen LogP contribution in [-0.4, -0.2) is 104 Å². The van der Waals surface area contributed by atoms with Crippen molar-refractivity contribution in [2.24, 2.45) is 0 Å². The second-order valence-corrected chi connectivity index (χ2v) is 17.3. The molecule has 1 amide bonds. The first-order valence-electron chi connectivity index (χ1n) is 20.0. The van der Waals surface area contributed by atoms with E-state index in [1.807, 2.05) is 61.5 Å². The van der Waals surface area contributed by atoms with Gasteiger partial charge in [-0.15, -0.1) is 0 Å². The van der Waals surface area contributed by atoms with E-state index in [0.29, 0.717) is 55.0 Å². The number of alkyl halides is 1. The first-order chi connectivity index (χ1) is 26.4. The number of hydrogen-bond acceptors (Lipinski definition) is 9. The lowest BCUT2D eigenvalue weighted by atomic mass is 9.91. The number of fused-ring (bicyclic) bond motifs is 5. The summed E-state index contributed by atoms with van der Waals surface area (Å²) in [7, 11) is 0. The van der Waals surface area contributed by atoms with Crippen LogP contribution in [0.3, 0.4) is 0 Å². The van der Waals surface area contributed by atoms with Gasteiger partial charge in [-0.1, -0.05) is 24.3 Å². The molecule has 7 heterocycles. The van der Waals surface area contributed by atoms with Crippen molar-refractivity contribution in [3.05, 3.63) is 48.4 Å². The minimum atomic E-state index is -0.909. The van der Waals surface area contributed by atoms with Crippen molar-refractivity contribution in [1.82, 2.24) is 29.5 Å². The molecular weight excluding hydrogens is 705 g/mol. The predicted octanol–water partition coefficient (Wildman–Crippen LogP) is 8.06. The second-order valence-electron chi connectivity index (χ2n) is 17.3. The zero-order valence-electron chi connectivity index (χ0n) is 32.3. The van der Waals surface area contributed by atoms with Crippen molar-refractivity contribution in [2.45, 2.75) is 115 Å². The Morgan fingerprint density at radius 1 is 1.04 bits per heavy atom. The number of piperazine rings is 1. The Hall–Kier alpha value is -4.36. The number of benzene rings is 2. The van der Waals surface area contributed by atoms with E-state index in [2.05, 4.69) is 16.4 Å². The summed E-state index contributed by atoms with van der Waals surface area (Å²) in [6, 6.07) is 7.59. The molecule has 4 aromatic rings. The zero-order valence-corrected chi connectivity index (χ0v) is 32.3. The highest BCUT2D eigenvalue weighted by molar-refractivity contribution is 6.03. The fourth-order valence-electron chi connectivity index (χ4n) is 9.87. The normalized spacial score (nSPS) is 26.9. The van der Waals surface area contributed by atoms with Crippen LogP contribution in [0, 0.1) is 5.82 Å². The predicted molar refractivity (Wildman–Crippen MR) is 207 cm³/mol. The van der Waals surface area contributed by atoms with Gasteiger partial charge < -0.3 is 19.1 Å². The highest BCUT2D eigenvalue weighted by Gasteiger charge is 2.50. The summed E-state index contributed by atoms with van der Waals surface area (Å²) in [6.07, 6.45) is 7.21. The van der Waals surface area contributed by atoms with Gasteiger partial charge >= 0.3 is 12.1 Å². The molecule has 0 spiro atoms. The third-order valence-electron chi connectivity index (χ3n) is 12.3. The van der Waals surface area contributed by atoms with E-state index in [4.69, 9.17) is 29.3 Å². The maximum Gasteiger partial charge on any atom is 0.410 e. The third kappa shape index (κ3) is 6.40. The summed E-state index contributed by atoms with van der Waals surface area (Å²) < 4.78 is 52.5. The number of rotatable bonds is 7. The van der Waals surface area contributed by atoms with Gasteiger partial charge in [0.2, 0.25) is 0 Å². The van der Waals surface area contributed by atoms with Crippen LogP contribution < -0.4 is 9.64 Å². The molecule has 292 valence electrons. The molecule has 13 heteroatoms. The minimum absolute atomic E-state index is 0.0598. The van der Waals surface area contributed by atoms with Crippen LogP contribution in [0.25, 0.3) is 38.5 Å². The van der Waals surface area contributed by atoms with Gasteiger partial charge in [0.05, 0.1) is 29.3 Å². The maximum atomic E-state index is 17.5. The minimum Gasteiger partial charge on any atom is -0.461 e. The summed E-state index contributed by atoms with van der Waals surface area (Å²) in [4.78, 5) is 29.3. The maximum absolute atomic E-state index is 17.5. The lowest BCUT2D eigenvalue weighted by Crippen LogP contribution is -2.57. The van der Waals surface area contributed by atoms with Crippen LogP contribution in [-0.2, 0) is 9.47 Å². The van der Waals surface area contributed by atoms with Crippen LogP contribution in [0.5, 0.6) is 6.01 Å². The largest absolute Gasteiger partial charge is 0.461 e. The second kappa shape index (κ2) is 13.7. The molecular formula is C42H51F2N7O4. The van der Waals surface area contributed by atoms with E-state index in [-0.39, 0.29) is 42.5 Å². The van der Waals surface area contributed by atoms with Crippen LogP contribution in [0.2, 0.25) is 0 Å². The highest BCUT2D eigenvalue weighted by atomic mass is 19.1. The number of nitrogens with zero attached hydrogens (tertiary/aromatic N) is 7. The van der Waals surface area contributed by atoms with E-state index >= 15 is 4.39 Å². The lowest BCUT2D eigenvalue weighted by molar-refractivity contribution is -0.0366. The Labute approximate surface area is 320 Å². The smallest absolute Gasteiger partial charge is 0.410 e. The van der Waals surface area contributed by atoms with Gasteiger partial charge in [-0.2, -0.15) is 15.1 Å². The fraction of sp³-hybridized carbons (Fsp3) is 0.571. The highest BCUT2D eigenvalue weighted by Crippen LogP contribution is 2.44. The Morgan fingerprint density at radius 2 is 1.84 bits per heavy atom. The summed E-state index contributed by atoms with van der Waals surface area (Å²) in [5.74, 6) is 0.0609. The van der Waals surface area contributed by atoms with Crippen molar-refractivity contribution in [1.29, 1.82) is 0 Å². The van der Waals surface area contributed by atoms with Gasteiger partial charge in [-0.05, 0) is 96.9 Å². The lowest BCUT2D eigenvalue weighted by Gasteiger charge is -2.42. The average Bonchev–Trinajstić information content (AvgIpc) is 3.89. The number of aromatic nitrogens is 4. The molecule has 0 N–H and O–H groups in total. The molecule has 5 atom stereocenters. The number of anilines is 1. The van der Waals surface area contributed by atoms with Crippen LogP contribution in [0.15, 0.2) is 37.0 Å². The Morgan fingerprint density at radius 3 is 2.56 bits per heavy atom. The number of hydrogen-bond donors (Lipinski definition) is 0. The van der Waals surface area contributed by atoms with Gasteiger partial charge in [-0.3, -0.25) is 9.80 Å². The standard InChI is InChI=1S/C42H51F2N7O4/c1-25(2)29-14-15-33-32(20-45-51(33)34-9-6-7-18-53-34)35(29)30-12-13-31-37(36(30)44)46-39(54-24-42-16-8-17-49(42)21-26(43)19-42)47-38(31)48-22-27-10-11-28(23-48)50(27)40(52)55-41(3,4)5/h12-15,20,26-28,34H,1,6-11,16-19,21-24H2,2-5H3/t26-,27?,28?,34?,42+/m1/s1. The van der Waals surface area contributed by atoms with Crippen molar-refractivity contribution < 1.29 is 27.8 Å². The number of ether oxygens (including phenoxy) is 3. The van der Waals surface area contributed by atoms with Gasteiger partial charge in [0, 0.05) is 54.6 Å². The summed E-state index contributed by atoms with van der Waals surface area (Å²) in [5.41, 5.74) is 2.66. The quantitative estimate of drug-likeness (QED) is 0.186. The molecule has 3 unspecified atom stereocenters. The fourth-order valence-corrected chi connectivity index (χ4v) is 9.87. The monoisotopic (exact) mass is 755 g/mol. The average molecular weight is 756 g/mol. The third-order valence-corrected chi connectivity index (χ3v) is 12.3. The van der Waals surface area contributed by atoms with E-state index < -0.39 is 23.1 Å². The topological polar surface area (TPSA) is 98.1 Å². The number of allylic oxidation sites excluding steroid dienone is 1. The first-order valence-corrected chi connectivity index (χ1v) is 20.0. The van der Waals surface area contributed by atoms with Crippen LogP contribution >= 0.6 is 0 Å². The number of carbonyl (C=O) groups excluding carboxylic acids is 1. The molecule has 9 rings (SSSR count). The molecule has 5 fully saturated rings. The number of carbonyl (C=O) groups is 1. The van der Waals surface area contributed by atoms with E-state index in [1.165, 1.54) is 0 Å². The molecule has 2 aromatic heterocycles. The summed E-state index contributed by atoms with van der Waals surface area (Å²) in [6.45, 7) is 14.9. The van der Waals surface area contributed by atoms with Gasteiger partial charge in [-0.25, -0.2) is 18.3 Å². The summed E-state index contributed by atoms with van der Waals surface area (Å²) in [5, 5.41) is 6.11. The number of halogens is 2. The van der Waals surface area contributed by atoms with E-state index in [9.17, 15) is 9.18 Å². The SMILES string of the molecule is C=C(C)c1ccc2c(cnn2C2CCCCO2)c1-c1ccc2c(N3CC4CCC(C3)N4C(=O)OC(C)(C)C)nc(OC[C@@]34CCCN3C[C@H](F)C4)nc2c1F. The molecule has 5 aliphatic heterocycles. The molecule has 11 nitrogen and oxygen atoms in total. The van der Waals surface area contributed by atoms with Crippen LogP contribution in [0.4, 0.5) is 19.4 Å². The van der Waals surface area contributed by atoms with E-state index in [0.717, 1.165) is 73.5 Å². The molecule has 0 aliphatic carbocycles. The van der Waals surface area contributed by atoms with E-state index in [1.54, 1.807) is 6.20 Å². The molecule has 5 aliphatic rings. The summed E-state index contributed by atoms with van der Waals surface area (Å²) >= 11 is 0. The van der Waals surface area contributed by atoms with Crippen molar-refractivity contribution >= 4 is 39.3 Å². The molecule has 5 saturated heterocycles. The van der Waals surface area contributed by atoms with Crippen molar-refractivity contribution in [3.63, 3.8) is 0 Å². The van der Waals surface area contributed by atoms with Gasteiger partial charge in [0.25, 0.3) is 0 Å². The Kier molecular flexibility index (Phi) is 9.03. The molecule has 55 heavy (non-hydrogen) atoms. The first kappa shape index (κ1) is 36.3. The molecule has 2 aromatic carbocycles. The molecule has 0 saturated carbocycles. The van der Waals surface area contributed by atoms with Gasteiger partial charge in [0.15, 0.2) is 12.0 Å². The molecule has 0 radical (unpaired) electrons. The molecule has 2 bridgehead atoms. The Balaban J connectivity index is 1.14. The van der Waals surface area contributed by atoms with Gasteiger partial charge in [0.1, 0.15) is 29.7 Å². The number of amides is 1. The van der Waals surface area contributed by atoms with Crippen molar-refractivity contribution in [2.75, 3.05) is 44.3 Å². The van der Waals surface area contributed by atoms with Crippen molar-refractivity contribution in [3.8, 4) is 17.1 Å². The Bertz CT molecular complexity index is 2150.